The van der Waals surface area contributed by atoms with Crippen molar-refractivity contribution in [3.63, 3.8) is 0 Å². The fraction of sp³-hybridized carbons (Fsp3) is 0.667. The van der Waals surface area contributed by atoms with Gasteiger partial charge in [-0.1, -0.05) is 12.2 Å². The molecule has 0 fully saturated rings. The van der Waals surface area contributed by atoms with E-state index in [1.54, 1.807) is 12.2 Å². The van der Waals surface area contributed by atoms with Crippen molar-refractivity contribution in [1.29, 1.82) is 0 Å². The minimum Gasteiger partial charge on any atom is -1.00 e. The lowest BCUT2D eigenvalue weighted by Gasteiger charge is -2.39. The Morgan fingerprint density at radius 1 is 1.00 bits per heavy atom. The summed E-state index contributed by atoms with van der Waals surface area (Å²) >= 11 is 0. The van der Waals surface area contributed by atoms with Gasteiger partial charge in [-0.3, -0.25) is 4.48 Å². The normalized spacial score (nSPS) is 14.8. The van der Waals surface area contributed by atoms with Crippen LogP contribution in [-0.4, -0.2) is 44.2 Å². The highest BCUT2D eigenvalue weighted by Gasteiger charge is 2.31. The summed E-state index contributed by atoms with van der Waals surface area (Å²) in [6, 6.07) is 0. The summed E-state index contributed by atoms with van der Waals surface area (Å²) in [5.41, 5.74) is 0. The third-order valence-electron chi connectivity index (χ3n) is 2.78. The second-order valence-corrected chi connectivity index (χ2v) is 4.07. The molecule has 0 aromatic rings. The first-order valence-electron chi connectivity index (χ1n) is 5.25. The fourth-order valence-corrected chi connectivity index (χ4v) is 1.09. The van der Waals surface area contributed by atoms with Gasteiger partial charge in [-0.15, -0.1) is 13.2 Å². The molecule has 0 aliphatic rings. The molecular weight excluding hydrogens is 226 g/mol. The van der Waals surface area contributed by atoms with Crippen molar-refractivity contribution in [2.45, 2.75) is 26.3 Å². The average Bonchev–Trinajstić information content (AvgIpc) is 2.21. The van der Waals surface area contributed by atoms with Crippen LogP contribution < -0.4 is 12.4 Å². The van der Waals surface area contributed by atoms with Crippen LogP contribution in [0.15, 0.2) is 25.3 Å². The molecule has 0 amide bonds. The summed E-state index contributed by atoms with van der Waals surface area (Å²) in [6.45, 7) is 12.5. The topological polar surface area (TPSA) is 18.5 Å². The quantitative estimate of drug-likeness (QED) is 0.318. The molecular formula is C12H24ClNO2. The molecule has 0 aliphatic carbocycles. The molecule has 0 radical (unpaired) electrons. The molecule has 0 saturated heterocycles. The Morgan fingerprint density at radius 2 is 1.31 bits per heavy atom. The third-order valence-corrected chi connectivity index (χ3v) is 2.78. The first-order chi connectivity index (χ1) is 6.96. The van der Waals surface area contributed by atoms with Crippen molar-refractivity contribution in [2.75, 3.05) is 27.3 Å². The van der Waals surface area contributed by atoms with Gasteiger partial charge < -0.3 is 21.9 Å². The molecule has 0 rings (SSSR count). The van der Waals surface area contributed by atoms with Crippen LogP contribution in [0.5, 0.6) is 0 Å². The Morgan fingerprint density at radius 3 is 1.56 bits per heavy atom. The smallest absolute Gasteiger partial charge is 0.192 e. The highest BCUT2D eigenvalue weighted by molar-refractivity contribution is 4.65. The monoisotopic (exact) mass is 249 g/mol. The van der Waals surface area contributed by atoms with Crippen LogP contribution in [0.1, 0.15) is 13.8 Å². The van der Waals surface area contributed by atoms with Crippen LogP contribution in [0.25, 0.3) is 0 Å². The standard InChI is InChI=1S/C12H24NO2.ClH/c1-7-9-14-11(3)13(5,6)12(4)15-10-8-2;/h7-8,11-12H,1-2,9-10H2,3-6H3;1H/q+1;/p-1. The number of halogens is 1. The van der Waals surface area contributed by atoms with Gasteiger partial charge in [0.15, 0.2) is 12.5 Å². The molecule has 0 aromatic heterocycles. The largest absolute Gasteiger partial charge is 1.00 e. The van der Waals surface area contributed by atoms with E-state index in [4.69, 9.17) is 9.47 Å². The minimum absolute atomic E-state index is 0. The third kappa shape index (κ3) is 5.66. The number of hydrogen-bond donors (Lipinski definition) is 0. The van der Waals surface area contributed by atoms with Crippen LogP contribution in [0.3, 0.4) is 0 Å². The van der Waals surface area contributed by atoms with E-state index >= 15 is 0 Å². The van der Waals surface area contributed by atoms with Crippen molar-refractivity contribution < 1.29 is 26.4 Å². The van der Waals surface area contributed by atoms with E-state index in [1.165, 1.54) is 0 Å². The van der Waals surface area contributed by atoms with Gasteiger partial charge in [-0.25, -0.2) is 0 Å². The second-order valence-electron chi connectivity index (χ2n) is 4.07. The summed E-state index contributed by atoms with van der Waals surface area (Å²) in [6.07, 6.45) is 3.66. The van der Waals surface area contributed by atoms with Crippen molar-refractivity contribution in [3.8, 4) is 0 Å². The van der Waals surface area contributed by atoms with Gasteiger partial charge in [0.05, 0.1) is 27.3 Å². The average molecular weight is 250 g/mol. The Kier molecular flexibility index (Phi) is 9.87. The molecule has 0 saturated carbocycles. The van der Waals surface area contributed by atoms with Gasteiger partial charge >= 0.3 is 0 Å². The van der Waals surface area contributed by atoms with E-state index in [1.807, 2.05) is 13.8 Å². The zero-order valence-corrected chi connectivity index (χ0v) is 11.5. The summed E-state index contributed by atoms with van der Waals surface area (Å²) in [7, 11) is 4.17. The highest BCUT2D eigenvalue weighted by atomic mass is 35.5. The number of ether oxygens (including phenoxy) is 2. The van der Waals surface area contributed by atoms with E-state index in [0.29, 0.717) is 17.7 Å². The SMILES string of the molecule is C=CCOC(C)[N+](C)(C)C(C)OCC=C.[Cl-]. The fourth-order valence-electron chi connectivity index (χ4n) is 1.09. The zero-order chi connectivity index (χ0) is 11.9. The summed E-state index contributed by atoms with van der Waals surface area (Å²) in [5.74, 6) is 0. The molecule has 0 N–H and O–H groups in total. The number of hydrogen-bond acceptors (Lipinski definition) is 2. The van der Waals surface area contributed by atoms with Crippen molar-refractivity contribution >= 4 is 0 Å². The van der Waals surface area contributed by atoms with E-state index in [-0.39, 0.29) is 24.9 Å². The van der Waals surface area contributed by atoms with Crippen LogP contribution in [0.4, 0.5) is 0 Å². The maximum absolute atomic E-state index is 5.61. The highest BCUT2D eigenvalue weighted by Crippen LogP contribution is 2.15. The molecule has 0 bridgehead atoms. The molecule has 2 unspecified atom stereocenters. The molecule has 3 nitrogen and oxygen atoms in total. The summed E-state index contributed by atoms with van der Waals surface area (Å²) in [4.78, 5) is 0. The first-order valence-corrected chi connectivity index (χ1v) is 5.25. The van der Waals surface area contributed by atoms with E-state index in [9.17, 15) is 0 Å². The lowest BCUT2D eigenvalue weighted by molar-refractivity contribution is -0.975. The van der Waals surface area contributed by atoms with Crippen LogP contribution in [0.2, 0.25) is 0 Å². The summed E-state index contributed by atoms with van der Waals surface area (Å²) in [5, 5.41) is 0. The van der Waals surface area contributed by atoms with Gasteiger partial charge in [0.25, 0.3) is 0 Å². The van der Waals surface area contributed by atoms with Crippen molar-refractivity contribution in [3.05, 3.63) is 25.3 Å². The predicted molar refractivity (Wildman–Crippen MR) is 63.3 cm³/mol. The minimum atomic E-state index is 0. The van der Waals surface area contributed by atoms with Gasteiger partial charge in [-0.05, 0) is 0 Å². The number of rotatable bonds is 8. The summed E-state index contributed by atoms with van der Waals surface area (Å²) < 4.78 is 11.9. The van der Waals surface area contributed by atoms with Crippen molar-refractivity contribution in [2.24, 2.45) is 0 Å². The van der Waals surface area contributed by atoms with Gasteiger partial charge in [0, 0.05) is 13.8 Å². The van der Waals surface area contributed by atoms with Crippen LogP contribution in [0, 0.1) is 0 Å². The van der Waals surface area contributed by atoms with Gasteiger partial charge in [-0.2, -0.15) is 0 Å². The molecule has 96 valence electrons. The predicted octanol–water partition coefficient (Wildman–Crippen LogP) is -0.836. The Labute approximate surface area is 106 Å². The molecule has 4 heteroatoms. The molecule has 0 spiro atoms. The van der Waals surface area contributed by atoms with E-state index in [0.717, 1.165) is 0 Å². The maximum Gasteiger partial charge on any atom is 0.192 e. The first kappa shape index (κ1) is 18.0. The van der Waals surface area contributed by atoms with Crippen LogP contribution >= 0.6 is 0 Å². The van der Waals surface area contributed by atoms with E-state index in [2.05, 4.69) is 27.3 Å². The molecule has 0 aromatic carbocycles. The zero-order valence-electron chi connectivity index (χ0n) is 10.8. The lowest BCUT2D eigenvalue weighted by Crippen LogP contribution is -3.00. The van der Waals surface area contributed by atoms with Crippen LogP contribution in [-0.2, 0) is 9.47 Å². The lowest BCUT2D eigenvalue weighted by atomic mass is 10.4. The van der Waals surface area contributed by atoms with Gasteiger partial charge in [0.2, 0.25) is 0 Å². The van der Waals surface area contributed by atoms with Gasteiger partial charge in [0.1, 0.15) is 0 Å². The van der Waals surface area contributed by atoms with Crippen molar-refractivity contribution in [1.82, 2.24) is 0 Å². The van der Waals surface area contributed by atoms with E-state index < -0.39 is 0 Å². The molecule has 0 aliphatic heterocycles. The Balaban J connectivity index is 0. The number of nitrogens with zero attached hydrogens (tertiary/aromatic N) is 1. The Bertz CT molecular complexity index is 187. The Hall–Kier alpha value is -0.350. The number of quaternary nitrogens is 1. The molecule has 16 heavy (non-hydrogen) atoms. The molecule has 0 heterocycles. The molecule has 2 atom stereocenters. The second kappa shape index (κ2) is 8.76. The maximum atomic E-state index is 5.61.